The van der Waals surface area contributed by atoms with Crippen molar-refractivity contribution < 1.29 is 9.90 Å². The van der Waals surface area contributed by atoms with E-state index in [0.29, 0.717) is 0 Å². The molecule has 0 aliphatic rings. The second-order valence-electron chi connectivity index (χ2n) is 2.57. The van der Waals surface area contributed by atoms with Gasteiger partial charge in [-0.15, -0.1) is 0 Å². The Balaban J connectivity index is 2.89. The van der Waals surface area contributed by atoms with Gasteiger partial charge in [-0.1, -0.05) is 6.92 Å². The molecule has 0 fully saturated rings. The van der Waals surface area contributed by atoms with Crippen LogP contribution in [-0.4, -0.2) is 16.1 Å². The van der Waals surface area contributed by atoms with Gasteiger partial charge in [-0.2, -0.15) is 0 Å². The molecule has 0 amide bonds. The summed E-state index contributed by atoms with van der Waals surface area (Å²) in [4.78, 5) is 14.3. The zero-order valence-electron chi connectivity index (χ0n) is 6.95. The van der Waals surface area contributed by atoms with Crippen LogP contribution in [0.1, 0.15) is 18.1 Å². The molecular formula is C9H11NO2. The predicted molar refractivity (Wildman–Crippen MR) is 45.0 cm³/mol. The van der Waals surface area contributed by atoms with E-state index in [1.807, 2.05) is 13.0 Å². The summed E-state index contributed by atoms with van der Waals surface area (Å²) < 4.78 is 0. The minimum absolute atomic E-state index is 0.0665. The van der Waals surface area contributed by atoms with Crippen molar-refractivity contribution in [2.45, 2.75) is 19.8 Å². The van der Waals surface area contributed by atoms with Gasteiger partial charge in [0.15, 0.2) is 0 Å². The van der Waals surface area contributed by atoms with E-state index in [9.17, 15) is 4.79 Å². The molecular weight excluding hydrogens is 154 g/mol. The van der Waals surface area contributed by atoms with Crippen molar-refractivity contribution in [3.8, 4) is 0 Å². The van der Waals surface area contributed by atoms with E-state index in [4.69, 9.17) is 5.11 Å². The maximum atomic E-state index is 10.4. The summed E-state index contributed by atoms with van der Waals surface area (Å²) in [7, 11) is 0. The highest BCUT2D eigenvalue weighted by molar-refractivity contribution is 5.70. The Morgan fingerprint density at radius 1 is 1.58 bits per heavy atom. The van der Waals surface area contributed by atoms with Crippen LogP contribution in [0.3, 0.4) is 0 Å². The number of aliphatic carboxylic acids is 1. The largest absolute Gasteiger partial charge is 0.481 e. The van der Waals surface area contributed by atoms with Crippen molar-refractivity contribution in [2.24, 2.45) is 0 Å². The molecule has 0 saturated heterocycles. The van der Waals surface area contributed by atoms with Gasteiger partial charge in [0.25, 0.3) is 0 Å². The molecule has 64 valence electrons. The molecule has 0 spiro atoms. The van der Waals surface area contributed by atoms with Crippen molar-refractivity contribution in [3.05, 3.63) is 29.6 Å². The average Bonchev–Trinajstić information content (AvgIpc) is 2.04. The van der Waals surface area contributed by atoms with Crippen molar-refractivity contribution in [1.29, 1.82) is 0 Å². The van der Waals surface area contributed by atoms with E-state index in [-0.39, 0.29) is 6.42 Å². The molecule has 12 heavy (non-hydrogen) atoms. The summed E-state index contributed by atoms with van der Waals surface area (Å²) in [5.74, 6) is -0.808. The van der Waals surface area contributed by atoms with Crippen LogP contribution in [0, 0.1) is 0 Å². The average molecular weight is 165 g/mol. The first kappa shape index (κ1) is 8.71. The monoisotopic (exact) mass is 165 g/mol. The second-order valence-corrected chi connectivity index (χ2v) is 2.57. The van der Waals surface area contributed by atoms with Gasteiger partial charge in [-0.25, -0.2) is 0 Å². The normalized spacial score (nSPS) is 9.75. The second kappa shape index (κ2) is 3.85. The van der Waals surface area contributed by atoms with Gasteiger partial charge in [0.05, 0.1) is 6.42 Å². The summed E-state index contributed by atoms with van der Waals surface area (Å²) in [6.07, 6.45) is 4.22. The first-order chi connectivity index (χ1) is 5.74. The number of rotatable bonds is 3. The topological polar surface area (TPSA) is 50.2 Å². The number of aromatic nitrogens is 1. The lowest BCUT2D eigenvalue weighted by atomic mass is 10.1. The summed E-state index contributed by atoms with van der Waals surface area (Å²) in [6, 6.07) is 1.86. The number of nitrogens with zero attached hydrogens (tertiary/aromatic N) is 1. The maximum absolute atomic E-state index is 10.4. The minimum atomic E-state index is -0.808. The Bertz CT molecular complexity index is 284. The molecule has 1 aromatic rings. The van der Waals surface area contributed by atoms with Gasteiger partial charge < -0.3 is 5.11 Å². The molecule has 0 radical (unpaired) electrons. The van der Waals surface area contributed by atoms with Gasteiger partial charge in [0, 0.05) is 12.4 Å². The van der Waals surface area contributed by atoms with Crippen molar-refractivity contribution in [3.63, 3.8) is 0 Å². The van der Waals surface area contributed by atoms with Crippen LogP contribution in [0.5, 0.6) is 0 Å². The van der Waals surface area contributed by atoms with Crippen LogP contribution in [0.25, 0.3) is 0 Å². The molecule has 0 saturated carbocycles. The molecule has 0 aliphatic heterocycles. The van der Waals surface area contributed by atoms with E-state index in [2.05, 4.69) is 4.98 Å². The fourth-order valence-electron chi connectivity index (χ4n) is 1.12. The van der Waals surface area contributed by atoms with E-state index in [1.165, 1.54) is 0 Å². The first-order valence-corrected chi connectivity index (χ1v) is 3.87. The molecule has 1 rings (SSSR count). The summed E-state index contributed by atoms with van der Waals surface area (Å²) in [6.45, 7) is 2.00. The smallest absolute Gasteiger partial charge is 0.307 e. The molecule has 1 heterocycles. The van der Waals surface area contributed by atoms with Crippen LogP contribution in [0.4, 0.5) is 0 Å². The number of hydrogen-bond donors (Lipinski definition) is 1. The number of hydrogen-bond acceptors (Lipinski definition) is 2. The van der Waals surface area contributed by atoms with Crippen molar-refractivity contribution >= 4 is 5.97 Å². The highest BCUT2D eigenvalue weighted by Gasteiger charge is 2.04. The lowest BCUT2D eigenvalue weighted by Gasteiger charge is -2.02. The predicted octanol–water partition coefficient (Wildman–Crippen LogP) is 1.27. The minimum Gasteiger partial charge on any atom is -0.481 e. The zero-order valence-corrected chi connectivity index (χ0v) is 6.95. The van der Waals surface area contributed by atoms with E-state index < -0.39 is 5.97 Å². The highest BCUT2D eigenvalue weighted by atomic mass is 16.4. The van der Waals surface area contributed by atoms with Crippen LogP contribution in [0.2, 0.25) is 0 Å². The Morgan fingerprint density at radius 2 is 2.33 bits per heavy atom. The molecule has 3 nitrogen and oxygen atoms in total. The Morgan fingerprint density at radius 3 is 2.92 bits per heavy atom. The molecule has 0 bridgehead atoms. The number of aryl methyl sites for hydroxylation is 1. The van der Waals surface area contributed by atoms with Crippen LogP contribution >= 0.6 is 0 Å². The van der Waals surface area contributed by atoms with Gasteiger partial charge in [0.2, 0.25) is 0 Å². The van der Waals surface area contributed by atoms with E-state index in [0.717, 1.165) is 17.5 Å². The number of pyridine rings is 1. The fourth-order valence-corrected chi connectivity index (χ4v) is 1.12. The van der Waals surface area contributed by atoms with Crippen LogP contribution < -0.4 is 0 Å². The summed E-state index contributed by atoms with van der Waals surface area (Å²) >= 11 is 0. The number of carboxylic acids is 1. The Kier molecular flexibility index (Phi) is 2.80. The summed E-state index contributed by atoms with van der Waals surface area (Å²) in [5, 5.41) is 8.56. The van der Waals surface area contributed by atoms with Gasteiger partial charge in [-0.05, 0) is 23.6 Å². The Labute approximate surface area is 71.1 Å². The SMILES string of the molecule is CCc1ccncc1CC(=O)O. The molecule has 1 N–H and O–H groups in total. The first-order valence-electron chi connectivity index (χ1n) is 3.87. The standard InChI is InChI=1S/C9H11NO2/c1-2-7-3-4-10-6-8(7)5-9(11)12/h3-4,6H,2,5H2,1H3,(H,11,12). The third kappa shape index (κ3) is 2.05. The molecule has 0 aliphatic carbocycles. The summed E-state index contributed by atoms with van der Waals surface area (Å²) in [5.41, 5.74) is 1.87. The van der Waals surface area contributed by atoms with Gasteiger partial charge in [-0.3, -0.25) is 9.78 Å². The van der Waals surface area contributed by atoms with E-state index >= 15 is 0 Å². The maximum Gasteiger partial charge on any atom is 0.307 e. The molecule has 3 heteroatoms. The quantitative estimate of drug-likeness (QED) is 0.733. The van der Waals surface area contributed by atoms with E-state index in [1.54, 1.807) is 12.4 Å². The highest BCUT2D eigenvalue weighted by Crippen LogP contribution is 2.07. The number of carbonyl (C=O) groups is 1. The van der Waals surface area contributed by atoms with Crippen LogP contribution in [-0.2, 0) is 17.6 Å². The zero-order chi connectivity index (χ0) is 8.97. The third-order valence-corrected chi connectivity index (χ3v) is 1.73. The fraction of sp³-hybridized carbons (Fsp3) is 0.333. The lowest BCUT2D eigenvalue weighted by molar-refractivity contribution is -0.136. The molecule has 0 unspecified atom stereocenters. The lowest BCUT2D eigenvalue weighted by Crippen LogP contribution is -2.03. The Hall–Kier alpha value is -1.38. The number of carboxylic acid groups (broad SMARTS) is 1. The van der Waals surface area contributed by atoms with Gasteiger partial charge in [0.1, 0.15) is 0 Å². The van der Waals surface area contributed by atoms with Crippen molar-refractivity contribution in [2.75, 3.05) is 0 Å². The van der Waals surface area contributed by atoms with Crippen LogP contribution in [0.15, 0.2) is 18.5 Å². The molecule has 0 atom stereocenters. The van der Waals surface area contributed by atoms with Crippen molar-refractivity contribution in [1.82, 2.24) is 4.98 Å². The molecule has 0 aromatic carbocycles. The molecule has 1 aromatic heterocycles. The van der Waals surface area contributed by atoms with Gasteiger partial charge >= 0.3 is 5.97 Å². The third-order valence-electron chi connectivity index (χ3n) is 1.73.